The molecule has 0 spiro atoms. The van der Waals surface area contributed by atoms with Crippen LogP contribution >= 0.6 is 11.6 Å². The molecule has 1 amide bonds. The van der Waals surface area contributed by atoms with Crippen molar-refractivity contribution < 1.29 is 9.18 Å². The number of carbonyl (C=O) groups excluding carboxylic acids is 1. The smallest absolute Gasteiger partial charge is 0.228 e. The van der Waals surface area contributed by atoms with E-state index in [0.717, 1.165) is 6.42 Å². The van der Waals surface area contributed by atoms with E-state index in [1.54, 1.807) is 7.05 Å². The van der Waals surface area contributed by atoms with Crippen LogP contribution in [0.2, 0.25) is 5.02 Å². The first kappa shape index (κ1) is 13.9. The molecule has 94 valence electrons. The molecule has 0 aliphatic carbocycles. The summed E-state index contributed by atoms with van der Waals surface area (Å²) < 4.78 is 12.9. The van der Waals surface area contributed by atoms with Crippen molar-refractivity contribution in [2.45, 2.75) is 13.3 Å². The van der Waals surface area contributed by atoms with E-state index in [2.05, 4.69) is 10.6 Å². The van der Waals surface area contributed by atoms with E-state index in [-0.39, 0.29) is 16.8 Å². The van der Waals surface area contributed by atoms with Gasteiger partial charge < -0.3 is 10.6 Å². The lowest BCUT2D eigenvalue weighted by Crippen LogP contribution is -2.30. The number of rotatable bonds is 5. The molecule has 0 fully saturated rings. The van der Waals surface area contributed by atoms with Crippen LogP contribution in [-0.4, -0.2) is 19.5 Å². The van der Waals surface area contributed by atoms with Gasteiger partial charge in [0.1, 0.15) is 5.82 Å². The van der Waals surface area contributed by atoms with Crippen molar-refractivity contribution in [2.24, 2.45) is 5.92 Å². The predicted molar refractivity (Wildman–Crippen MR) is 67.7 cm³/mol. The molecule has 1 rings (SSSR count). The van der Waals surface area contributed by atoms with E-state index < -0.39 is 5.82 Å². The van der Waals surface area contributed by atoms with Crippen LogP contribution in [-0.2, 0) is 4.79 Å². The fourth-order valence-corrected chi connectivity index (χ4v) is 1.67. The Bertz CT molecular complexity index is 398. The average Bonchev–Trinajstić information content (AvgIpc) is 2.30. The standard InChI is InChI=1S/C12H16ClFN2O/c1-3-8(7-15-2)12(17)16-9-4-5-11(14)10(13)6-9/h4-6,8,15H,3,7H2,1-2H3,(H,16,17). The first-order valence-electron chi connectivity index (χ1n) is 5.49. The molecule has 5 heteroatoms. The van der Waals surface area contributed by atoms with E-state index in [1.807, 2.05) is 6.92 Å². The summed E-state index contributed by atoms with van der Waals surface area (Å²) in [5.74, 6) is -0.694. The van der Waals surface area contributed by atoms with Gasteiger partial charge >= 0.3 is 0 Å². The summed E-state index contributed by atoms with van der Waals surface area (Å²) in [6.07, 6.45) is 0.738. The Morgan fingerprint density at radius 1 is 1.53 bits per heavy atom. The normalized spacial score (nSPS) is 12.2. The van der Waals surface area contributed by atoms with Crippen LogP contribution in [0.1, 0.15) is 13.3 Å². The highest BCUT2D eigenvalue weighted by Crippen LogP contribution is 2.20. The van der Waals surface area contributed by atoms with Gasteiger partial charge in [0.2, 0.25) is 5.91 Å². The van der Waals surface area contributed by atoms with E-state index in [0.29, 0.717) is 12.2 Å². The molecule has 0 heterocycles. The number of halogens is 2. The SMILES string of the molecule is CCC(CNC)C(=O)Nc1ccc(F)c(Cl)c1. The monoisotopic (exact) mass is 258 g/mol. The van der Waals surface area contributed by atoms with Crippen molar-refractivity contribution in [3.8, 4) is 0 Å². The maximum atomic E-state index is 12.9. The molecule has 0 bridgehead atoms. The van der Waals surface area contributed by atoms with Gasteiger partial charge in [-0.3, -0.25) is 4.79 Å². The van der Waals surface area contributed by atoms with Gasteiger partial charge in [-0.15, -0.1) is 0 Å². The number of nitrogens with one attached hydrogen (secondary N) is 2. The molecule has 1 unspecified atom stereocenters. The van der Waals surface area contributed by atoms with E-state index in [9.17, 15) is 9.18 Å². The second-order valence-corrected chi connectivity index (χ2v) is 4.19. The molecule has 1 aromatic carbocycles. The molecule has 0 aliphatic heterocycles. The molecule has 1 atom stereocenters. The van der Waals surface area contributed by atoms with Gasteiger partial charge in [-0.05, 0) is 31.7 Å². The zero-order chi connectivity index (χ0) is 12.8. The average molecular weight is 259 g/mol. The molecule has 17 heavy (non-hydrogen) atoms. The zero-order valence-corrected chi connectivity index (χ0v) is 10.6. The molecule has 0 radical (unpaired) electrons. The van der Waals surface area contributed by atoms with Crippen molar-refractivity contribution in [1.82, 2.24) is 5.32 Å². The molecule has 2 N–H and O–H groups in total. The van der Waals surface area contributed by atoms with Crippen LogP contribution in [0.3, 0.4) is 0 Å². The lowest BCUT2D eigenvalue weighted by molar-refractivity contribution is -0.119. The van der Waals surface area contributed by atoms with Crippen LogP contribution in [0.4, 0.5) is 10.1 Å². The summed E-state index contributed by atoms with van der Waals surface area (Å²) in [5.41, 5.74) is 0.510. The third kappa shape index (κ3) is 3.98. The topological polar surface area (TPSA) is 41.1 Å². The van der Waals surface area contributed by atoms with Crippen molar-refractivity contribution in [3.05, 3.63) is 29.0 Å². The van der Waals surface area contributed by atoms with Crippen molar-refractivity contribution >= 4 is 23.2 Å². The summed E-state index contributed by atoms with van der Waals surface area (Å²) in [7, 11) is 1.80. The quantitative estimate of drug-likeness (QED) is 0.853. The molecule has 1 aromatic rings. The number of hydrogen-bond donors (Lipinski definition) is 2. The summed E-state index contributed by atoms with van der Waals surface area (Å²) >= 11 is 5.63. The highest BCUT2D eigenvalue weighted by atomic mass is 35.5. The summed E-state index contributed by atoms with van der Waals surface area (Å²) in [6.45, 7) is 2.55. The molecule has 0 saturated carbocycles. The minimum Gasteiger partial charge on any atom is -0.326 e. The fourth-order valence-electron chi connectivity index (χ4n) is 1.49. The van der Waals surface area contributed by atoms with Gasteiger partial charge in [-0.25, -0.2) is 4.39 Å². The molecule has 3 nitrogen and oxygen atoms in total. The Labute approximate surface area is 105 Å². The molecular weight excluding hydrogens is 243 g/mol. The molecule has 0 aliphatic rings. The Hall–Kier alpha value is -1.13. The number of carbonyl (C=O) groups is 1. The Morgan fingerprint density at radius 3 is 2.76 bits per heavy atom. The van der Waals surface area contributed by atoms with Gasteiger partial charge in [0.15, 0.2) is 0 Å². The van der Waals surface area contributed by atoms with E-state index in [4.69, 9.17) is 11.6 Å². The highest BCUT2D eigenvalue weighted by molar-refractivity contribution is 6.31. The first-order valence-corrected chi connectivity index (χ1v) is 5.86. The lowest BCUT2D eigenvalue weighted by Gasteiger charge is -2.14. The largest absolute Gasteiger partial charge is 0.326 e. The Balaban J connectivity index is 2.69. The van der Waals surface area contributed by atoms with Crippen molar-refractivity contribution in [2.75, 3.05) is 18.9 Å². The second kappa shape index (κ2) is 6.57. The van der Waals surface area contributed by atoms with E-state index in [1.165, 1.54) is 18.2 Å². The molecule has 0 saturated heterocycles. The third-order valence-corrected chi connectivity index (χ3v) is 2.79. The highest BCUT2D eigenvalue weighted by Gasteiger charge is 2.15. The van der Waals surface area contributed by atoms with E-state index >= 15 is 0 Å². The minimum atomic E-state index is -0.494. The third-order valence-electron chi connectivity index (χ3n) is 2.50. The zero-order valence-electron chi connectivity index (χ0n) is 9.89. The van der Waals surface area contributed by atoms with Crippen LogP contribution in [0.15, 0.2) is 18.2 Å². The van der Waals surface area contributed by atoms with Gasteiger partial charge in [-0.1, -0.05) is 18.5 Å². The van der Waals surface area contributed by atoms with Gasteiger partial charge in [0, 0.05) is 12.2 Å². The van der Waals surface area contributed by atoms with Crippen LogP contribution < -0.4 is 10.6 Å². The second-order valence-electron chi connectivity index (χ2n) is 3.78. The summed E-state index contributed by atoms with van der Waals surface area (Å²) in [5, 5.41) is 5.68. The van der Waals surface area contributed by atoms with Gasteiger partial charge in [0.25, 0.3) is 0 Å². The van der Waals surface area contributed by atoms with Crippen LogP contribution in [0.5, 0.6) is 0 Å². The number of amides is 1. The summed E-state index contributed by atoms with van der Waals surface area (Å²) in [4.78, 5) is 11.8. The maximum absolute atomic E-state index is 12.9. The summed E-state index contributed by atoms with van der Waals surface area (Å²) in [6, 6.07) is 4.13. The van der Waals surface area contributed by atoms with Gasteiger partial charge in [0.05, 0.1) is 10.9 Å². The molecular formula is C12H16ClFN2O. The Morgan fingerprint density at radius 2 is 2.24 bits per heavy atom. The lowest BCUT2D eigenvalue weighted by atomic mass is 10.1. The minimum absolute atomic E-state index is 0.00413. The first-order chi connectivity index (χ1) is 8.08. The number of anilines is 1. The number of benzene rings is 1. The fraction of sp³-hybridized carbons (Fsp3) is 0.417. The maximum Gasteiger partial charge on any atom is 0.228 e. The Kier molecular flexibility index (Phi) is 5.38. The van der Waals surface area contributed by atoms with Crippen molar-refractivity contribution in [1.29, 1.82) is 0 Å². The predicted octanol–water partition coefficient (Wildman–Crippen LogP) is 2.66. The molecule has 0 aromatic heterocycles. The van der Waals surface area contributed by atoms with Crippen LogP contribution in [0.25, 0.3) is 0 Å². The van der Waals surface area contributed by atoms with Gasteiger partial charge in [-0.2, -0.15) is 0 Å². The number of hydrogen-bond acceptors (Lipinski definition) is 2. The van der Waals surface area contributed by atoms with Crippen LogP contribution in [0, 0.1) is 11.7 Å². The van der Waals surface area contributed by atoms with Crippen molar-refractivity contribution in [3.63, 3.8) is 0 Å².